The molecule has 0 N–H and O–H groups in total. The smallest absolute Gasteiger partial charge is 0.295 e. The van der Waals surface area contributed by atoms with Gasteiger partial charge in [-0.15, -0.1) is 0 Å². The van der Waals surface area contributed by atoms with Gasteiger partial charge < -0.3 is 0 Å². The molecule has 0 amide bonds. The van der Waals surface area contributed by atoms with Crippen LogP contribution in [0.15, 0.2) is 16.9 Å². The predicted molar refractivity (Wildman–Crippen MR) is 58.2 cm³/mol. The van der Waals surface area contributed by atoms with E-state index in [9.17, 15) is 4.79 Å². The Morgan fingerprint density at radius 2 is 1.36 bits per heavy atom. The molecule has 1 aromatic heterocycles. The number of nitrogens with zero attached hydrogens (tertiary/aromatic N) is 2. The maximum absolute atomic E-state index is 11.6. The Morgan fingerprint density at radius 3 is 1.71 bits per heavy atom. The van der Waals surface area contributed by atoms with Crippen molar-refractivity contribution in [2.24, 2.45) is 14.1 Å². The second kappa shape index (κ2) is 3.04. The number of fused-ring (bicyclic) bond motifs is 1. The maximum atomic E-state index is 11.6. The fraction of sp³-hybridized carbons (Fsp3) is 0.222. The van der Waals surface area contributed by atoms with Gasteiger partial charge in [-0.1, -0.05) is 23.2 Å². The van der Waals surface area contributed by atoms with Crippen molar-refractivity contribution in [3.8, 4) is 0 Å². The minimum Gasteiger partial charge on any atom is -0.295 e. The second-order valence-electron chi connectivity index (χ2n) is 3.16. The summed E-state index contributed by atoms with van der Waals surface area (Å²) in [5, 5.41) is 0.917. The molecular formula is C9H8Cl2N2O. The molecule has 0 spiro atoms. The van der Waals surface area contributed by atoms with Crippen molar-refractivity contribution in [3.63, 3.8) is 0 Å². The molecule has 0 aliphatic rings. The van der Waals surface area contributed by atoms with E-state index in [1.54, 1.807) is 26.2 Å². The summed E-state index contributed by atoms with van der Waals surface area (Å²) in [7, 11) is 3.41. The van der Waals surface area contributed by atoms with Gasteiger partial charge in [-0.25, -0.2) is 4.79 Å². The van der Waals surface area contributed by atoms with Crippen LogP contribution in [0.25, 0.3) is 11.0 Å². The second-order valence-corrected chi connectivity index (χ2v) is 3.97. The molecule has 2 aromatic rings. The van der Waals surface area contributed by atoms with Gasteiger partial charge in [0.15, 0.2) is 0 Å². The van der Waals surface area contributed by atoms with Crippen molar-refractivity contribution in [1.29, 1.82) is 0 Å². The zero-order valence-electron chi connectivity index (χ0n) is 7.71. The van der Waals surface area contributed by atoms with Gasteiger partial charge in [-0.3, -0.25) is 9.13 Å². The average molecular weight is 231 g/mol. The molecular weight excluding hydrogens is 223 g/mol. The predicted octanol–water partition coefficient (Wildman–Crippen LogP) is 2.18. The summed E-state index contributed by atoms with van der Waals surface area (Å²) in [5.41, 5.74) is 1.48. The topological polar surface area (TPSA) is 26.9 Å². The zero-order chi connectivity index (χ0) is 10.5. The van der Waals surface area contributed by atoms with Gasteiger partial charge in [0.05, 0.1) is 21.1 Å². The third-order valence-corrected chi connectivity index (χ3v) is 3.04. The Bertz CT molecular complexity index is 520. The Morgan fingerprint density at radius 1 is 1.00 bits per heavy atom. The normalized spacial score (nSPS) is 11.1. The molecule has 5 heteroatoms. The van der Waals surface area contributed by atoms with E-state index in [-0.39, 0.29) is 5.69 Å². The van der Waals surface area contributed by atoms with Crippen LogP contribution >= 0.6 is 23.2 Å². The standard InChI is InChI=1S/C9H8Cl2N2O/c1-12-7-3-5(10)6(11)4-8(7)13(2)9(12)14/h3-4H,1-2H3. The lowest BCUT2D eigenvalue weighted by atomic mass is 10.3. The van der Waals surface area contributed by atoms with Gasteiger partial charge >= 0.3 is 5.69 Å². The molecule has 0 unspecified atom stereocenters. The van der Waals surface area contributed by atoms with Crippen LogP contribution in [0, 0.1) is 0 Å². The van der Waals surface area contributed by atoms with Crippen molar-refractivity contribution in [2.75, 3.05) is 0 Å². The van der Waals surface area contributed by atoms with Gasteiger partial charge in [0.2, 0.25) is 0 Å². The highest BCUT2D eigenvalue weighted by atomic mass is 35.5. The number of benzene rings is 1. The van der Waals surface area contributed by atoms with Crippen LogP contribution in [0.4, 0.5) is 0 Å². The molecule has 3 nitrogen and oxygen atoms in total. The van der Waals surface area contributed by atoms with E-state index in [4.69, 9.17) is 23.2 Å². The Kier molecular flexibility index (Phi) is 2.09. The van der Waals surface area contributed by atoms with Crippen LogP contribution in [-0.2, 0) is 14.1 Å². The Balaban J connectivity index is 3.04. The first-order valence-corrected chi connectivity index (χ1v) is 4.78. The number of rotatable bonds is 0. The fourth-order valence-corrected chi connectivity index (χ4v) is 1.81. The van der Waals surface area contributed by atoms with Crippen LogP contribution in [0.3, 0.4) is 0 Å². The number of halogens is 2. The van der Waals surface area contributed by atoms with Crippen LogP contribution in [0.1, 0.15) is 0 Å². The van der Waals surface area contributed by atoms with E-state index in [1.807, 2.05) is 0 Å². The molecule has 1 heterocycles. The van der Waals surface area contributed by atoms with Crippen molar-refractivity contribution in [2.45, 2.75) is 0 Å². The van der Waals surface area contributed by atoms with E-state index in [0.29, 0.717) is 10.0 Å². The van der Waals surface area contributed by atoms with Gasteiger partial charge in [0.1, 0.15) is 0 Å². The monoisotopic (exact) mass is 230 g/mol. The summed E-state index contributed by atoms with van der Waals surface area (Å²) >= 11 is 11.7. The highest BCUT2D eigenvalue weighted by Crippen LogP contribution is 2.26. The largest absolute Gasteiger partial charge is 0.328 e. The maximum Gasteiger partial charge on any atom is 0.328 e. The molecule has 0 saturated carbocycles. The first-order valence-electron chi connectivity index (χ1n) is 4.03. The number of hydrogen-bond donors (Lipinski definition) is 0. The van der Waals surface area contributed by atoms with Crippen LogP contribution < -0.4 is 5.69 Å². The lowest BCUT2D eigenvalue weighted by molar-refractivity contribution is 0.795. The Hall–Kier alpha value is -0.930. The molecule has 74 valence electrons. The van der Waals surface area contributed by atoms with Crippen LogP contribution in [0.2, 0.25) is 10.0 Å². The molecule has 0 atom stereocenters. The molecule has 1 aromatic carbocycles. The highest BCUT2D eigenvalue weighted by Gasteiger charge is 2.09. The minimum absolute atomic E-state index is 0.0849. The molecule has 2 rings (SSSR count). The molecule has 0 aliphatic carbocycles. The molecule has 0 fully saturated rings. The van der Waals surface area contributed by atoms with Crippen molar-refractivity contribution in [1.82, 2.24) is 9.13 Å². The molecule has 0 bridgehead atoms. The lowest BCUT2D eigenvalue weighted by Crippen LogP contribution is -2.19. The number of aromatic nitrogens is 2. The third kappa shape index (κ3) is 1.16. The van der Waals surface area contributed by atoms with Gasteiger partial charge in [-0.2, -0.15) is 0 Å². The van der Waals surface area contributed by atoms with Crippen LogP contribution in [-0.4, -0.2) is 9.13 Å². The average Bonchev–Trinajstić information content (AvgIpc) is 2.34. The number of imidazole rings is 1. The summed E-state index contributed by atoms with van der Waals surface area (Å²) in [4.78, 5) is 11.6. The van der Waals surface area contributed by atoms with E-state index in [1.165, 1.54) is 9.13 Å². The molecule has 0 radical (unpaired) electrons. The minimum atomic E-state index is -0.0849. The summed E-state index contributed by atoms with van der Waals surface area (Å²) < 4.78 is 3.08. The molecule has 14 heavy (non-hydrogen) atoms. The highest BCUT2D eigenvalue weighted by molar-refractivity contribution is 6.42. The molecule has 0 aliphatic heterocycles. The summed E-state index contributed by atoms with van der Waals surface area (Å²) in [6.45, 7) is 0. The fourth-order valence-electron chi connectivity index (χ4n) is 1.49. The van der Waals surface area contributed by atoms with Crippen molar-refractivity contribution in [3.05, 3.63) is 32.7 Å². The van der Waals surface area contributed by atoms with E-state index in [0.717, 1.165) is 11.0 Å². The Labute approximate surface area is 90.5 Å². The number of hydrogen-bond acceptors (Lipinski definition) is 1. The first kappa shape index (κ1) is 9.62. The van der Waals surface area contributed by atoms with Crippen LogP contribution in [0.5, 0.6) is 0 Å². The number of aryl methyl sites for hydroxylation is 2. The van der Waals surface area contributed by atoms with Crippen molar-refractivity contribution >= 4 is 34.2 Å². The SMILES string of the molecule is Cn1c(=O)n(C)c2cc(Cl)c(Cl)cc21. The zero-order valence-corrected chi connectivity index (χ0v) is 9.23. The lowest BCUT2D eigenvalue weighted by Gasteiger charge is -1.98. The van der Waals surface area contributed by atoms with E-state index >= 15 is 0 Å². The van der Waals surface area contributed by atoms with E-state index in [2.05, 4.69) is 0 Å². The quantitative estimate of drug-likeness (QED) is 0.682. The van der Waals surface area contributed by atoms with E-state index < -0.39 is 0 Å². The summed E-state index contributed by atoms with van der Waals surface area (Å²) in [6, 6.07) is 3.39. The first-order chi connectivity index (χ1) is 6.52. The van der Waals surface area contributed by atoms with Gasteiger partial charge in [0, 0.05) is 14.1 Å². The summed E-state index contributed by atoms with van der Waals surface area (Å²) in [5.74, 6) is 0. The van der Waals surface area contributed by atoms with Crippen molar-refractivity contribution < 1.29 is 0 Å². The molecule has 0 saturated heterocycles. The third-order valence-electron chi connectivity index (χ3n) is 2.31. The van der Waals surface area contributed by atoms with Gasteiger partial charge in [-0.05, 0) is 12.1 Å². The summed E-state index contributed by atoms with van der Waals surface area (Å²) in [6.07, 6.45) is 0. The van der Waals surface area contributed by atoms with Gasteiger partial charge in [0.25, 0.3) is 0 Å².